The molecule has 0 aliphatic heterocycles. The smallest absolute Gasteiger partial charge is 0.0992 e. The van der Waals surface area contributed by atoms with Gasteiger partial charge in [-0.3, -0.25) is 4.99 Å². The highest BCUT2D eigenvalue weighted by Crippen LogP contribution is 2.58. The maximum absolute atomic E-state index is 9.99. The van der Waals surface area contributed by atoms with Crippen molar-refractivity contribution in [1.82, 2.24) is 0 Å². The van der Waals surface area contributed by atoms with Gasteiger partial charge in [0.05, 0.1) is 11.6 Å². The van der Waals surface area contributed by atoms with Gasteiger partial charge in [-0.15, -0.1) is 0 Å². The van der Waals surface area contributed by atoms with Crippen molar-refractivity contribution in [3.8, 4) is 61.7 Å². The molecule has 262 valence electrons. The molecule has 0 fully saturated rings. The van der Waals surface area contributed by atoms with E-state index in [-0.39, 0.29) is 0 Å². The Kier molecular flexibility index (Phi) is 8.09. The predicted molar refractivity (Wildman–Crippen MR) is 235 cm³/mol. The van der Waals surface area contributed by atoms with Crippen LogP contribution in [0, 0.1) is 11.3 Å². The Morgan fingerprint density at radius 1 is 0.446 bits per heavy atom. The second kappa shape index (κ2) is 13.7. The van der Waals surface area contributed by atoms with E-state index in [0.29, 0.717) is 5.56 Å². The molecule has 3 nitrogen and oxygen atoms in total. The van der Waals surface area contributed by atoms with E-state index in [1.54, 1.807) is 13.3 Å². The van der Waals surface area contributed by atoms with Crippen molar-refractivity contribution in [3.63, 3.8) is 0 Å². The summed E-state index contributed by atoms with van der Waals surface area (Å²) in [5.41, 5.74) is 16.7. The summed E-state index contributed by atoms with van der Waals surface area (Å²) in [4.78, 5) is 6.47. The standard InChI is InChI=1S/C53H35N3/c1-55-34-36-29-35(33-54)30-42(31-36)56(40-20-9-4-10-21-40)41-22-13-19-39(32-41)43-27-28-48-51-44(43)25-14-26-47(51)52-49(37-15-5-2-6-16-37)45-23-11-12-24-46(45)50(53(48)52)38-17-7-3-8-18-38/h2-32,34H,1H3/b55-34-. The van der Waals surface area contributed by atoms with Crippen LogP contribution in [0.5, 0.6) is 0 Å². The maximum atomic E-state index is 9.99. The van der Waals surface area contributed by atoms with E-state index in [4.69, 9.17) is 0 Å². The van der Waals surface area contributed by atoms with Gasteiger partial charge in [0.2, 0.25) is 0 Å². The van der Waals surface area contributed by atoms with Gasteiger partial charge in [0.25, 0.3) is 0 Å². The fourth-order valence-corrected chi connectivity index (χ4v) is 8.75. The van der Waals surface area contributed by atoms with Crippen molar-refractivity contribution >= 4 is 44.8 Å². The molecule has 1 aliphatic rings. The van der Waals surface area contributed by atoms with E-state index in [2.05, 4.69) is 174 Å². The quantitative estimate of drug-likeness (QED) is 0.154. The fourth-order valence-electron chi connectivity index (χ4n) is 8.75. The highest BCUT2D eigenvalue weighted by atomic mass is 15.1. The number of benzene rings is 9. The second-order valence-corrected chi connectivity index (χ2v) is 14.2. The van der Waals surface area contributed by atoms with Crippen molar-refractivity contribution in [3.05, 3.63) is 199 Å². The lowest BCUT2D eigenvalue weighted by Crippen LogP contribution is -2.10. The maximum Gasteiger partial charge on any atom is 0.0992 e. The van der Waals surface area contributed by atoms with Gasteiger partial charge in [0.15, 0.2) is 0 Å². The molecule has 0 heterocycles. The Morgan fingerprint density at radius 3 is 1.62 bits per heavy atom. The molecular weight excluding hydrogens is 679 g/mol. The van der Waals surface area contributed by atoms with E-state index >= 15 is 0 Å². The summed E-state index contributed by atoms with van der Waals surface area (Å²) in [5.74, 6) is 0. The topological polar surface area (TPSA) is 39.4 Å². The second-order valence-electron chi connectivity index (χ2n) is 14.2. The number of hydrogen-bond acceptors (Lipinski definition) is 3. The third-order valence-electron chi connectivity index (χ3n) is 11.0. The first-order chi connectivity index (χ1) is 27.7. The molecule has 0 saturated heterocycles. The molecule has 0 radical (unpaired) electrons. The molecule has 0 unspecified atom stereocenters. The molecule has 56 heavy (non-hydrogen) atoms. The minimum atomic E-state index is 0.582. The summed E-state index contributed by atoms with van der Waals surface area (Å²) in [7, 11) is 1.75. The average Bonchev–Trinajstić information content (AvgIpc) is 3.59. The summed E-state index contributed by atoms with van der Waals surface area (Å²) in [6.07, 6.45) is 1.80. The van der Waals surface area contributed by atoms with Gasteiger partial charge < -0.3 is 4.90 Å². The van der Waals surface area contributed by atoms with Crippen molar-refractivity contribution in [2.24, 2.45) is 4.99 Å². The zero-order chi connectivity index (χ0) is 37.6. The summed E-state index contributed by atoms with van der Waals surface area (Å²) in [6, 6.07) is 69.4. The molecule has 0 atom stereocenters. The zero-order valence-electron chi connectivity index (χ0n) is 30.8. The normalized spacial score (nSPS) is 11.6. The molecule has 0 spiro atoms. The molecule has 3 heteroatoms. The Hall–Kier alpha value is -7.54. The number of rotatable bonds is 7. The van der Waals surface area contributed by atoms with Crippen LogP contribution in [0.1, 0.15) is 11.1 Å². The van der Waals surface area contributed by atoms with Crippen LogP contribution in [-0.4, -0.2) is 13.3 Å². The van der Waals surface area contributed by atoms with Crippen LogP contribution >= 0.6 is 0 Å². The fraction of sp³-hybridized carbons (Fsp3) is 0.0189. The molecule has 9 aromatic rings. The predicted octanol–water partition coefficient (Wildman–Crippen LogP) is 14.0. The van der Waals surface area contributed by atoms with Gasteiger partial charge in [-0.1, -0.05) is 146 Å². The number of nitriles is 1. The van der Waals surface area contributed by atoms with Crippen LogP contribution in [0.4, 0.5) is 17.1 Å². The first-order valence-corrected chi connectivity index (χ1v) is 18.9. The molecule has 0 amide bonds. The van der Waals surface area contributed by atoms with Crippen molar-refractivity contribution in [2.45, 2.75) is 0 Å². The van der Waals surface area contributed by atoms with Gasteiger partial charge in [-0.05, 0) is 125 Å². The van der Waals surface area contributed by atoms with E-state index < -0.39 is 0 Å². The highest BCUT2D eigenvalue weighted by molar-refractivity contribution is 6.28. The van der Waals surface area contributed by atoms with Gasteiger partial charge in [0, 0.05) is 30.3 Å². The summed E-state index contributed by atoms with van der Waals surface area (Å²) in [5, 5.41) is 15.0. The lowest BCUT2D eigenvalue weighted by molar-refractivity contribution is 1.28. The highest BCUT2D eigenvalue weighted by Gasteiger charge is 2.31. The van der Waals surface area contributed by atoms with Gasteiger partial charge in [-0.2, -0.15) is 5.26 Å². The van der Waals surface area contributed by atoms with Gasteiger partial charge >= 0.3 is 0 Å². The third-order valence-corrected chi connectivity index (χ3v) is 11.0. The third kappa shape index (κ3) is 5.39. The van der Waals surface area contributed by atoms with Crippen LogP contribution in [0.3, 0.4) is 0 Å². The Morgan fingerprint density at radius 2 is 0.982 bits per heavy atom. The van der Waals surface area contributed by atoms with Crippen LogP contribution < -0.4 is 4.90 Å². The van der Waals surface area contributed by atoms with Crippen molar-refractivity contribution in [2.75, 3.05) is 11.9 Å². The molecule has 0 bridgehead atoms. The number of para-hydroxylation sites is 1. The summed E-state index contributed by atoms with van der Waals surface area (Å²) >= 11 is 0. The molecule has 0 N–H and O–H groups in total. The number of fused-ring (bicyclic) bond motifs is 4. The van der Waals surface area contributed by atoms with Crippen LogP contribution in [0.2, 0.25) is 0 Å². The molecule has 0 saturated carbocycles. The summed E-state index contributed by atoms with van der Waals surface area (Å²) in [6.45, 7) is 0. The first kappa shape index (κ1) is 33.1. The Balaban J connectivity index is 1.22. The van der Waals surface area contributed by atoms with E-state index in [0.717, 1.165) is 28.2 Å². The minimum absolute atomic E-state index is 0.582. The number of aliphatic imine (C=N–C) groups is 1. The Labute approximate surface area is 326 Å². The monoisotopic (exact) mass is 713 g/mol. The number of nitrogens with zero attached hydrogens (tertiary/aromatic N) is 3. The van der Waals surface area contributed by atoms with E-state index in [1.807, 2.05) is 30.3 Å². The lowest BCUT2D eigenvalue weighted by atomic mass is 9.82. The number of anilines is 3. The molecule has 1 aliphatic carbocycles. The molecular formula is C53H35N3. The lowest BCUT2D eigenvalue weighted by Gasteiger charge is -2.26. The number of hydrogen-bond donors (Lipinski definition) is 0. The van der Waals surface area contributed by atoms with Gasteiger partial charge in [0.1, 0.15) is 0 Å². The van der Waals surface area contributed by atoms with Crippen LogP contribution in [0.25, 0.3) is 77.2 Å². The SMILES string of the molecule is C/N=C\c1cc(C#N)cc(N(c2ccccc2)c2cccc(-c3ccc4c5c(cccc35)-c3c-4c(-c4ccccc4)c4ccccc4c3-c3ccccc3)c2)c1. The zero-order valence-corrected chi connectivity index (χ0v) is 30.8. The van der Waals surface area contributed by atoms with Gasteiger partial charge in [-0.25, -0.2) is 0 Å². The molecule has 10 rings (SSSR count). The van der Waals surface area contributed by atoms with Crippen molar-refractivity contribution in [1.29, 1.82) is 5.26 Å². The van der Waals surface area contributed by atoms with Crippen molar-refractivity contribution < 1.29 is 0 Å². The first-order valence-electron chi connectivity index (χ1n) is 18.9. The molecule has 0 aromatic heterocycles. The van der Waals surface area contributed by atoms with Crippen LogP contribution in [0.15, 0.2) is 193 Å². The average molecular weight is 714 g/mol. The van der Waals surface area contributed by atoms with Crippen LogP contribution in [-0.2, 0) is 0 Å². The Bertz CT molecular complexity index is 2940. The minimum Gasteiger partial charge on any atom is -0.310 e. The molecule has 9 aromatic carbocycles. The largest absolute Gasteiger partial charge is 0.310 e. The van der Waals surface area contributed by atoms with E-state index in [1.165, 1.54) is 71.6 Å². The van der Waals surface area contributed by atoms with E-state index in [9.17, 15) is 5.26 Å². The summed E-state index contributed by atoms with van der Waals surface area (Å²) < 4.78 is 0.